The fourth-order valence-electron chi connectivity index (χ4n) is 1.46. The molecule has 2 rings (SSSR count). The summed E-state index contributed by atoms with van der Waals surface area (Å²) in [6.45, 7) is 2.15. The van der Waals surface area contributed by atoms with Crippen molar-refractivity contribution in [3.8, 4) is 0 Å². The molecule has 0 fully saturated rings. The topological polar surface area (TPSA) is 63.2 Å². The monoisotopic (exact) mass is 317 g/mol. The number of aromatic nitrogens is 2. The first kappa shape index (κ1) is 14.4. The molecule has 8 heteroatoms. The highest BCUT2D eigenvalue weighted by atomic mass is 35.5. The van der Waals surface area contributed by atoms with Crippen LogP contribution in [0, 0.1) is 6.92 Å². The van der Waals surface area contributed by atoms with E-state index in [9.17, 15) is 8.42 Å². The minimum atomic E-state index is -3.56. The summed E-state index contributed by atoms with van der Waals surface area (Å²) < 4.78 is 25.9. The van der Waals surface area contributed by atoms with E-state index in [1.165, 1.54) is 41.0 Å². The summed E-state index contributed by atoms with van der Waals surface area (Å²) >= 11 is 7.09. The quantitative estimate of drug-likeness (QED) is 0.812. The van der Waals surface area contributed by atoms with Gasteiger partial charge in [0.05, 0.1) is 11.2 Å². The largest absolute Gasteiger partial charge is 0.250 e. The van der Waals surface area contributed by atoms with Crippen LogP contribution in [0.5, 0.6) is 0 Å². The van der Waals surface area contributed by atoms with E-state index in [-0.39, 0.29) is 10.0 Å². The molecule has 0 amide bonds. The predicted molar refractivity (Wildman–Crippen MR) is 74.8 cm³/mol. The smallest absolute Gasteiger partial charge is 0.244 e. The number of hydrogen-bond acceptors (Lipinski definition) is 5. The van der Waals surface area contributed by atoms with Gasteiger partial charge in [0.25, 0.3) is 0 Å². The summed E-state index contributed by atoms with van der Waals surface area (Å²) in [6, 6.07) is 2.90. The fourth-order valence-corrected chi connectivity index (χ4v) is 3.57. The Kier molecular flexibility index (Phi) is 4.19. The molecule has 0 bridgehead atoms. The van der Waals surface area contributed by atoms with Gasteiger partial charge in [0.15, 0.2) is 0 Å². The lowest BCUT2D eigenvalue weighted by Gasteiger charge is -2.16. The summed E-state index contributed by atoms with van der Waals surface area (Å²) in [6.07, 6.45) is 1.26. The molecule has 0 saturated carbocycles. The number of halogens is 1. The van der Waals surface area contributed by atoms with Crippen molar-refractivity contribution in [1.82, 2.24) is 14.3 Å². The van der Waals surface area contributed by atoms with Crippen molar-refractivity contribution in [3.05, 3.63) is 39.6 Å². The molecule has 2 aromatic rings. The van der Waals surface area contributed by atoms with Crippen LogP contribution in [0.15, 0.2) is 28.7 Å². The molecule has 2 aromatic heterocycles. The molecule has 0 atom stereocenters. The Hall–Kier alpha value is -1.02. The average Bonchev–Trinajstić information content (AvgIpc) is 2.75. The Morgan fingerprint density at radius 1 is 1.37 bits per heavy atom. The minimum absolute atomic E-state index is 0.126. The molecule has 0 spiro atoms. The molecule has 0 saturated heterocycles. The Bertz CT molecular complexity index is 668. The normalized spacial score (nSPS) is 12.0. The SMILES string of the molecule is Cc1ncsc1CN(C)S(=O)(=O)c1ccc(Cl)nc1. The molecule has 0 radical (unpaired) electrons. The number of aryl methyl sites for hydroxylation is 1. The number of nitrogens with zero attached hydrogens (tertiary/aromatic N) is 3. The molecule has 5 nitrogen and oxygen atoms in total. The second kappa shape index (κ2) is 5.54. The zero-order valence-corrected chi connectivity index (χ0v) is 12.8. The standard InChI is InChI=1S/C11H12ClN3O2S2/c1-8-10(18-7-14-8)6-15(2)19(16,17)9-3-4-11(12)13-5-9/h3-5,7H,6H2,1-2H3. The predicted octanol–water partition coefficient (Wildman–Crippen LogP) is 2.32. The zero-order valence-electron chi connectivity index (χ0n) is 10.4. The third-order valence-corrected chi connectivity index (χ3v) is 5.55. The molecule has 0 aliphatic heterocycles. The molecule has 0 N–H and O–H groups in total. The van der Waals surface area contributed by atoms with E-state index >= 15 is 0 Å². The van der Waals surface area contributed by atoms with Gasteiger partial charge in [-0.1, -0.05) is 11.6 Å². The highest BCUT2D eigenvalue weighted by Gasteiger charge is 2.22. The van der Waals surface area contributed by atoms with Crippen molar-refractivity contribution < 1.29 is 8.42 Å². The maximum Gasteiger partial charge on any atom is 0.244 e. The van der Waals surface area contributed by atoms with E-state index in [4.69, 9.17) is 11.6 Å². The molecule has 19 heavy (non-hydrogen) atoms. The third kappa shape index (κ3) is 3.11. The Labute approximate surface area is 120 Å². The molecule has 0 aromatic carbocycles. The summed E-state index contributed by atoms with van der Waals surface area (Å²) in [4.78, 5) is 8.95. The lowest BCUT2D eigenvalue weighted by Crippen LogP contribution is -2.26. The third-order valence-electron chi connectivity index (χ3n) is 2.62. The van der Waals surface area contributed by atoms with Gasteiger partial charge in [-0.2, -0.15) is 4.31 Å². The van der Waals surface area contributed by atoms with Gasteiger partial charge in [-0.25, -0.2) is 18.4 Å². The molecule has 2 heterocycles. The number of hydrogen-bond donors (Lipinski definition) is 0. The van der Waals surface area contributed by atoms with Crippen LogP contribution in [0.4, 0.5) is 0 Å². The lowest BCUT2D eigenvalue weighted by atomic mass is 10.4. The van der Waals surface area contributed by atoms with Crippen LogP contribution >= 0.6 is 22.9 Å². The Morgan fingerprint density at radius 3 is 2.63 bits per heavy atom. The molecule has 0 unspecified atom stereocenters. The average molecular weight is 318 g/mol. The van der Waals surface area contributed by atoms with Gasteiger partial charge in [-0.15, -0.1) is 11.3 Å². The Morgan fingerprint density at radius 2 is 2.11 bits per heavy atom. The van der Waals surface area contributed by atoms with Gasteiger partial charge in [0, 0.05) is 24.7 Å². The summed E-state index contributed by atoms with van der Waals surface area (Å²) in [5, 5.41) is 0.264. The van der Waals surface area contributed by atoms with Crippen molar-refractivity contribution in [2.75, 3.05) is 7.05 Å². The van der Waals surface area contributed by atoms with Crippen LogP contribution in [0.1, 0.15) is 10.6 Å². The number of rotatable bonds is 4. The number of thiazole rings is 1. The van der Waals surface area contributed by atoms with Gasteiger partial charge in [-0.3, -0.25) is 0 Å². The highest BCUT2D eigenvalue weighted by molar-refractivity contribution is 7.89. The van der Waals surface area contributed by atoms with Crippen LogP contribution < -0.4 is 0 Å². The van der Waals surface area contributed by atoms with Crippen LogP contribution in [0.3, 0.4) is 0 Å². The summed E-state index contributed by atoms with van der Waals surface area (Å²) in [5.41, 5.74) is 2.55. The molecule has 102 valence electrons. The van der Waals surface area contributed by atoms with Crippen LogP contribution in [-0.4, -0.2) is 29.7 Å². The number of sulfonamides is 1. The van der Waals surface area contributed by atoms with Crippen molar-refractivity contribution in [3.63, 3.8) is 0 Å². The van der Waals surface area contributed by atoms with E-state index < -0.39 is 10.0 Å². The van der Waals surface area contributed by atoms with Crippen molar-refractivity contribution in [2.45, 2.75) is 18.4 Å². The van der Waals surface area contributed by atoms with E-state index in [0.29, 0.717) is 6.54 Å². The maximum atomic E-state index is 12.3. The molecule has 0 aliphatic carbocycles. The van der Waals surface area contributed by atoms with E-state index in [2.05, 4.69) is 9.97 Å². The van der Waals surface area contributed by atoms with Crippen LogP contribution in [-0.2, 0) is 16.6 Å². The van der Waals surface area contributed by atoms with E-state index in [1.54, 1.807) is 5.51 Å². The lowest BCUT2D eigenvalue weighted by molar-refractivity contribution is 0.468. The summed E-state index contributed by atoms with van der Waals surface area (Å²) in [5.74, 6) is 0. The first-order valence-electron chi connectivity index (χ1n) is 5.38. The van der Waals surface area contributed by atoms with Crippen molar-refractivity contribution in [1.29, 1.82) is 0 Å². The number of pyridine rings is 1. The first-order valence-corrected chi connectivity index (χ1v) is 8.08. The highest BCUT2D eigenvalue weighted by Crippen LogP contribution is 2.20. The molecule has 0 aliphatic rings. The van der Waals surface area contributed by atoms with Crippen molar-refractivity contribution in [2.24, 2.45) is 0 Å². The van der Waals surface area contributed by atoms with Crippen LogP contribution in [0.2, 0.25) is 5.15 Å². The van der Waals surface area contributed by atoms with Gasteiger partial charge in [-0.05, 0) is 19.1 Å². The van der Waals surface area contributed by atoms with Crippen molar-refractivity contribution >= 4 is 33.0 Å². The van der Waals surface area contributed by atoms with Crippen LogP contribution in [0.25, 0.3) is 0 Å². The Balaban J connectivity index is 2.24. The maximum absolute atomic E-state index is 12.3. The molecular formula is C11H12ClN3O2S2. The molecular weight excluding hydrogens is 306 g/mol. The van der Waals surface area contributed by atoms with E-state index in [0.717, 1.165) is 10.6 Å². The fraction of sp³-hybridized carbons (Fsp3) is 0.273. The van der Waals surface area contributed by atoms with Gasteiger partial charge < -0.3 is 0 Å². The second-order valence-corrected chi connectivity index (χ2v) is 7.31. The first-order chi connectivity index (χ1) is 8.91. The minimum Gasteiger partial charge on any atom is -0.250 e. The van der Waals surface area contributed by atoms with Gasteiger partial charge >= 0.3 is 0 Å². The second-order valence-electron chi connectivity index (χ2n) is 3.94. The van der Waals surface area contributed by atoms with E-state index in [1.807, 2.05) is 6.92 Å². The van der Waals surface area contributed by atoms with Gasteiger partial charge in [0.1, 0.15) is 10.0 Å². The summed E-state index contributed by atoms with van der Waals surface area (Å²) in [7, 11) is -2.03. The zero-order chi connectivity index (χ0) is 14.0. The van der Waals surface area contributed by atoms with Gasteiger partial charge in [0.2, 0.25) is 10.0 Å².